The number of nitrogens with one attached hydrogen (secondary N) is 1. The number of piperidine rings is 1. The van der Waals surface area contributed by atoms with E-state index in [0.717, 1.165) is 11.8 Å². The maximum Gasteiger partial charge on any atom is 0.0623 e. The molecule has 0 aromatic carbocycles. The Kier molecular flexibility index (Phi) is 2.89. The summed E-state index contributed by atoms with van der Waals surface area (Å²) in [5.74, 6) is 1.81. The van der Waals surface area contributed by atoms with Gasteiger partial charge in [0.15, 0.2) is 0 Å². The van der Waals surface area contributed by atoms with Gasteiger partial charge in [0.05, 0.1) is 6.17 Å². The van der Waals surface area contributed by atoms with Gasteiger partial charge >= 0.3 is 0 Å². The van der Waals surface area contributed by atoms with Crippen molar-refractivity contribution in [3.63, 3.8) is 0 Å². The van der Waals surface area contributed by atoms with Crippen molar-refractivity contribution in [3.05, 3.63) is 0 Å². The average Bonchev–Trinajstić information content (AvgIpc) is 2.53. The maximum absolute atomic E-state index is 3.62. The molecule has 13 heavy (non-hydrogen) atoms. The fourth-order valence-corrected chi connectivity index (χ4v) is 2.61. The van der Waals surface area contributed by atoms with Crippen LogP contribution in [0.25, 0.3) is 0 Å². The summed E-state index contributed by atoms with van der Waals surface area (Å²) in [7, 11) is 0. The van der Waals surface area contributed by atoms with Crippen LogP contribution in [0.4, 0.5) is 0 Å². The zero-order chi connectivity index (χ0) is 9.26. The minimum absolute atomic E-state index is 0.688. The lowest BCUT2D eigenvalue weighted by Gasteiger charge is -2.36. The Bertz CT molecular complexity index is 161. The molecule has 2 saturated heterocycles. The van der Waals surface area contributed by atoms with Crippen molar-refractivity contribution >= 4 is 0 Å². The van der Waals surface area contributed by atoms with Gasteiger partial charge in [-0.1, -0.05) is 13.8 Å². The SMILES string of the molecule is CC1CCN(C2NCC[C@@H]2C)CC1. The molecule has 2 nitrogen and oxygen atoms in total. The normalized spacial score (nSPS) is 38.3. The fourth-order valence-electron chi connectivity index (χ4n) is 2.61. The molecular weight excluding hydrogens is 160 g/mol. The van der Waals surface area contributed by atoms with Gasteiger partial charge in [-0.2, -0.15) is 0 Å². The van der Waals surface area contributed by atoms with Crippen LogP contribution in [0, 0.1) is 11.8 Å². The van der Waals surface area contributed by atoms with E-state index in [-0.39, 0.29) is 0 Å². The van der Waals surface area contributed by atoms with E-state index in [1.807, 2.05) is 0 Å². The molecule has 0 spiro atoms. The van der Waals surface area contributed by atoms with Crippen LogP contribution in [0.3, 0.4) is 0 Å². The molecule has 2 aliphatic rings. The Labute approximate surface area is 81.7 Å². The van der Waals surface area contributed by atoms with Crippen molar-refractivity contribution in [2.75, 3.05) is 19.6 Å². The Balaban J connectivity index is 1.86. The summed E-state index contributed by atoms with van der Waals surface area (Å²) in [5.41, 5.74) is 0. The molecule has 0 saturated carbocycles. The molecule has 2 fully saturated rings. The van der Waals surface area contributed by atoms with E-state index in [9.17, 15) is 0 Å². The van der Waals surface area contributed by atoms with E-state index in [0.29, 0.717) is 6.17 Å². The monoisotopic (exact) mass is 182 g/mol. The molecule has 2 rings (SSSR count). The third-order valence-corrected chi connectivity index (χ3v) is 3.70. The van der Waals surface area contributed by atoms with Gasteiger partial charge in [-0.3, -0.25) is 4.90 Å². The minimum atomic E-state index is 0.688. The quantitative estimate of drug-likeness (QED) is 0.663. The lowest BCUT2D eigenvalue weighted by atomic mass is 9.97. The molecule has 0 amide bonds. The van der Waals surface area contributed by atoms with Crippen molar-refractivity contribution < 1.29 is 0 Å². The highest BCUT2D eigenvalue weighted by molar-refractivity contribution is 4.83. The number of likely N-dealkylation sites (tertiary alicyclic amines) is 1. The standard InChI is InChI=1S/C11H22N2/c1-9-4-7-13(8-5-9)11-10(2)3-6-12-11/h9-12H,3-8H2,1-2H3/t10-,11?/m0/s1. The zero-order valence-electron chi connectivity index (χ0n) is 8.92. The van der Waals surface area contributed by atoms with Gasteiger partial charge in [-0.25, -0.2) is 0 Å². The van der Waals surface area contributed by atoms with Crippen molar-refractivity contribution in [1.82, 2.24) is 10.2 Å². The summed E-state index contributed by atoms with van der Waals surface area (Å²) in [6, 6.07) is 0. The molecule has 0 aliphatic carbocycles. The first kappa shape index (κ1) is 9.47. The molecule has 0 radical (unpaired) electrons. The van der Waals surface area contributed by atoms with Crippen molar-refractivity contribution in [2.24, 2.45) is 11.8 Å². The summed E-state index contributed by atoms with van der Waals surface area (Å²) in [5, 5.41) is 3.62. The summed E-state index contributed by atoms with van der Waals surface area (Å²) in [6.45, 7) is 8.59. The van der Waals surface area contributed by atoms with Crippen LogP contribution in [0.5, 0.6) is 0 Å². The molecule has 1 N–H and O–H groups in total. The molecule has 76 valence electrons. The van der Waals surface area contributed by atoms with E-state index in [4.69, 9.17) is 0 Å². The highest BCUT2D eigenvalue weighted by atomic mass is 15.3. The van der Waals surface area contributed by atoms with Crippen LogP contribution in [-0.2, 0) is 0 Å². The van der Waals surface area contributed by atoms with Crippen molar-refractivity contribution in [2.45, 2.75) is 39.3 Å². The highest BCUT2D eigenvalue weighted by Gasteiger charge is 2.30. The number of rotatable bonds is 1. The number of hydrogen-bond donors (Lipinski definition) is 1. The third kappa shape index (κ3) is 2.05. The van der Waals surface area contributed by atoms with Gasteiger partial charge in [0.1, 0.15) is 0 Å². The van der Waals surface area contributed by atoms with Crippen LogP contribution in [0.15, 0.2) is 0 Å². The topological polar surface area (TPSA) is 15.3 Å². The summed E-state index contributed by atoms with van der Waals surface area (Å²) in [4.78, 5) is 2.65. The van der Waals surface area contributed by atoms with Crippen molar-refractivity contribution in [3.8, 4) is 0 Å². The summed E-state index contributed by atoms with van der Waals surface area (Å²) >= 11 is 0. The molecular formula is C11H22N2. The Morgan fingerprint density at radius 3 is 2.31 bits per heavy atom. The molecule has 0 aromatic rings. The van der Waals surface area contributed by atoms with Crippen LogP contribution >= 0.6 is 0 Å². The zero-order valence-corrected chi connectivity index (χ0v) is 8.92. The average molecular weight is 182 g/mol. The molecule has 2 heterocycles. The molecule has 2 atom stereocenters. The summed E-state index contributed by atoms with van der Waals surface area (Å²) < 4.78 is 0. The second-order valence-electron chi connectivity index (χ2n) is 4.88. The first-order valence-corrected chi connectivity index (χ1v) is 5.75. The van der Waals surface area contributed by atoms with Gasteiger partial charge in [-0.05, 0) is 50.7 Å². The number of nitrogens with zero attached hydrogens (tertiary/aromatic N) is 1. The molecule has 2 aliphatic heterocycles. The van der Waals surface area contributed by atoms with Crippen LogP contribution in [-0.4, -0.2) is 30.7 Å². The fraction of sp³-hybridized carbons (Fsp3) is 1.00. The van der Waals surface area contributed by atoms with Crippen LogP contribution < -0.4 is 5.32 Å². The first-order chi connectivity index (χ1) is 6.27. The molecule has 0 aromatic heterocycles. The Hall–Kier alpha value is -0.0800. The van der Waals surface area contributed by atoms with Gasteiger partial charge in [-0.15, -0.1) is 0 Å². The van der Waals surface area contributed by atoms with Gasteiger partial charge in [0.2, 0.25) is 0 Å². The van der Waals surface area contributed by atoms with E-state index in [2.05, 4.69) is 24.1 Å². The van der Waals surface area contributed by atoms with Crippen LogP contribution in [0.2, 0.25) is 0 Å². The second kappa shape index (κ2) is 3.97. The molecule has 1 unspecified atom stereocenters. The number of hydrogen-bond acceptors (Lipinski definition) is 2. The summed E-state index contributed by atoms with van der Waals surface area (Å²) in [6.07, 6.45) is 4.83. The second-order valence-corrected chi connectivity index (χ2v) is 4.88. The van der Waals surface area contributed by atoms with Crippen LogP contribution in [0.1, 0.15) is 33.1 Å². The lowest BCUT2D eigenvalue weighted by molar-refractivity contribution is 0.105. The lowest BCUT2D eigenvalue weighted by Crippen LogP contribution is -2.48. The van der Waals surface area contributed by atoms with Gasteiger partial charge in [0.25, 0.3) is 0 Å². The predicted octanol–water partition coefficient (Wildman–Crippen LogP) is 1.67. The molecule has 2 heteroatoms. The largest absolute Gasteiger partial charge is 0.301 e. The van der Waals surface area contributed by atoms with Gasteiger partial charge in [0, 0.05) is 0 Å². The van der Waals surface area contributed by atoms with Gasteiger partial charge < -0.3 is 5.32 Å². The maximum atomic E-state index is 3.62. The van der Waals surface area contributed by atoms with E-state index in [1.165, 1.54) is 38.9 Å². The van der Waals surface area contributed by atoms with E-state index >= 15 is 0 Å². The Morgan fingerprint density at radius 2 is 1.77 bits per heavy atom. The smallest absolute Gasteiger partial charge is 0.0623 e. The van der Waals surface area contributed by atoms with E-state index < -0.39 is 0 Å². The highest BCUT2D eigenvalue weighted by Crippen LogP contribution is 2.23. The first-order valence-electron chi connectivity index (χ1n) is 5.75. The third-order valence-electron chi connectivity index (χ3n) is 3.70. The minimum Gasteiger partial charge on any atom is -0.301 e. The van der Waals surface area contributed by atoms with E-state index in [1.54, 1.807) is 0 Å². The van der Waals surface area contributed by atoms with Crippen molar-refractivity contribution in [1.29, 1.82) is 0 Å². The molecule has 0 bridgehead atoms. The predicted molar refractivity (Wildman–Crippen MR) is 55.5 cm³/mol. The Morgan fingerprint density at radius 1 is 1.08 bits per heavy atom.